The summed E-state index contributed by atoms with van der Waals surface area (Å²) in [6, 6.07) is 8.73. The number of halogens is 2. The number of H-pyrrole nitrogens is 1. The molecular formula is C22H19F2N3O4S. The maximum Gasteiger partial charge on any atom is 0.272 e. The third kappa shape index (κ3) is 3.67. The monoisotopic (exact) mass is 459 g/mol. The lowest BCUT2D eigenvalue weighted by Crippen LogP contribution is -2.22. The van der Waals surface area contributed by atoms with Crippen LogP contribution in [0.3, 0.4) is 0 Å². The third-order valence-corrected chi connectivity index (χ3v) is 6.81. The number of nitrogens with one attached hydrogen (secondary N) is 1. The van der Waals surface area contributed by atoms with E-state index in [2.05, 4.69) is 4.98 Å². The number of benzene rings is 2. The average molecular weight is 459 g/mol. The van der Waals surface area contributed by atoms with E-state index in [-0.39, 0.29) is 22.0 Å². The molecule has 0 saturated carbocycles. The molecule has 0 bridgehead atoms. The van der Waals surface area contributed by atoms with Crippen LogP contribution in [-0.2, 0) is 10.0 Å². The number of fused-ring (bicyclic) bond motifs is 1. The molecule has 7 nitrogen and oxygen atoms in total. The Balaban J connectivity index is 1.98. The lowest BCUT2D eigenvalue weighted by atomic mass is 10.1. The fourth-order valence-corrected chi connectivity index (χ4v) is 4.33. The maximum absolute atomic E-state index is 14.2. The Morgan fingerprint density at radius 1 is 1.03 bits per heavy atom. The van der Waals surface area contributed by atoms with Gasteiger partial charge >= 0.3 is 0 Å². The van der Waals surface area contributed by atoms with Gasteiger partial charge in [0.15, 0.2) is 11.6 Å². The van der Waals surface area contributed by atoms with Gasteiger partial charge in [0.2, 0.25) is 10.0 Å². The Kier molecular flexibility index (Phi) is 5.35. The Hall–Kier alpha value is -3.50. The third-order valence-electron chi connectivity index (χ3n) is 5.00. The van der Waals surface area contributed by atoms with E-state index in [1.807, 2.05) is 0 Å². The Morgan fingerprint density at radius 3 is 2.44 bits per heavy atom. The van der Waals surface area contributed by atoms with E-state index in [0.29, 0.717) is 28.4 Å². The molecule has 0 aliphatic carbocycles. The largest absolute Gasteiger partial charge is 0.454 e. The first-order valence-corrected chi connectivity index (χ1v) is 10.9. The Morgan fingerprint density at radius 2 is 1.75 bits per heavy atom. The Labute approximate surface area is 182 Å². The van der Waals surface area contributed by atoms with Crippen molar-refractivity contribution in [1.82, 2.24) is 13.7 Å². The molecule has 4 aromatic rings. The zero-order valence-corrected chi connectivity index (χ0v) is 18.2. The van der Waals surface area contributed by atoms with Crippen LogP contribution >= 0.6 is 0 Å². The first-order valence-electron chi connectivity index (χ1n) is 9.49. The van der Waals surface area contributed by atoms with Crippen molar-refractivity contribution in [3.8, 4) is 22.8 Å². The van der Waals surface area contributed by atoms with Crippen LogP contribution in [0.25, 0.3) is 16.8 Å². The number of nitrogens with zero attached hydrogens (tertiary/aromatic N) is 2. The normalized spacial score (nSPS) is 11.9. The first-order chi connectivity index (χ1) is 15.1. The molecule has 2 aromatic carbocycles. The lowest BCUT2D eigenvalue weighted by Gasteiger charge is -2.16. The van der Waals surface area contributed by atoms with Crippen LogP contribution in [-0.4, -0.2) is 36.2 Å². The Bertz CT molecular complexity index is 1510. The average Bonchev–Trinajstić information content (AvgIpc) is 3.07. The van der Waals surface area contributed by atoms with Crippen molar-refractivity contribution in [3.05, 3.63) is 82.4 Å². The number of aromatic nitrogens is 2. The minimum atomic E-state index is -3.79. The van der Waals surface area contributed by atoms with Gasteiger partial charge in [-0.2, -0.15) is 0 Å². The van der Waals surface area contributed by atoms with Gasteiger partial charge in [0.1, 0.15) is 17.1 Å². The fraction of sp³-hybridized carbons (Fsp3) is 0.136. The highest BCUT2D eigenvalue weighted by Crippen LogP contribution is 2.37. The van der Waals surface area contributed by atoms with Crippen LogP contribution in [0.15, 0.2) is 64.5 Å². The predicted molar refractivity (Wildman–Crippen MR) is 115 cm³/mol. The van der Waals surface area contributed by atoms with Crippen LogP contribution in [0.1, 0.15) is 5.56 Å². The van der Waals surface area contributed by atoms with Crippen LogP contribution in [0.2, 0.25) is 0 Å². The summed E-state index contributed by atoms with van der Waals surface area (Å²) in [4.78, 5) is 14.9. The first kappa shape index (κ1) is 21.7. The molecule has 0 amide bonds. The van der Waals surface area contributed by atoms with E-state index in [9.17, 15) is 22.0 Å². The zero-order chi connectivity index (χ0) is 23.2. The molecule has 0 spiro atoms. The van der Waals surface area contributed by atoms with Crippen LogP contribution in [0.5, 0.6) is 11.5 Å². The van der Waals surface area contributed by atoms with Gasteiger partial charge in [-0.15, -0.1) is 0 Å². The second kappa shape index (κ2) is 7.88. The summed E-state index contributed by atoms with van der Waals surface area (Å²) in [6.07, 6.45) is 3.08. The molecule has 166 valence electrons. The van der Waals surface area contributed by atoms with Gasteiger partial charge in [0, 0.05) is 38.1 Å². The number of sulfonamides is 1. The van der Waals surface area contributed by atoms with Gasteiger partial charge < -0.3 is 14.1 Å². The quantitative estimate of drug-likeness (QED) is 0.490. The zero-order valence-electron chi connectivity index (χ0n) is 17.4. The highest BCUT2D eigenvalue weighted by molar-refractivity contribution is 7.89. The number of rotatable bonds is 5. The second-order valence-electron chi connectivity index (χ2n) is 7.34. The summed E-state index contributed by atoms with van der Waals surface area (Å²) >= 11 is 0. The molecule has 0 fully saturated rings. The summed E-state index contributed by atoms with van der Waals surface area (Å²) in [5.41, 5.74) is 1.49. The topological polar surface area (TPSA) is 83.9 Å². The van der Waals surface area contributed by atoms with E-state index in [0.717, 1.165) is 16.4 Å². The highest BCUT2D eigenvalue weighted by atomic mass is 32.2. The number of hydrogen-bond donors (Lipinski definition) is 1. The number of hydrogen-bond acceptors (Lipinski definition) is 4. The number of aromatic amines is 1. The van der Waals surface area contributed by atoms with E-state index >= 15 is 0 Å². The van der Waals surface area contributed by atoms with Crippen molar-refractivity contribution in [3.63, 3.8) is 0 Å². The van der Waals surface area contributed by atoms with Crippen molar-refractivity contribution < 1.29 is 21.9 Å². The second-order valence-corrected chi connectivity index (χ2v) is 9.49. The molecule has 2 heterocycles. The van der Waals surface area contributed by atoms with Gasteiger partial charge in [-0.1, -0.05) is 0 Å². The number of aryl methyl sites for hydroxylation is 1. The molecule has 0 radical (unpaired) electrons. The maximum atomic E-state index is 14.2. The molecule has 0 aliphatic heterocycles. The van der Waals surface area contributed by atoms with Gasteiger partial charge in [0.25, 0.3) is 5.56 Å². The van der Waals surface area contributed by atoms with Crippen molar-refractivity contribution in [2.24, 2.45) is 0 Å². The molecule has 0 aliphatic rings. The van der Waals surface area contributed by atoms with E-state index in [4.69, 9.17) is 4.74 Å². The van der Waals surface area contributed by atoms with Crippen molar-refractivity contribution in [2.75, 3.05) is 14.1 Å². The standard InChI is InChI=1S/C22H19F2N3O4S/c1-13-10-18(27-9-8-25-22(28)21(13)27)16-12-15(32(29,30)26(2)3)5-7-19(16)31-20-6-4-14(23)11-17(20)24/h4-12H,1-3H3,(H,25,28). The fourth-order valence-electron chi connectivity index (χ4n) is 3.41. The molecule has 1 N–H and O–H groups in total. The summed E-state index contributed by atoms with van der Waals surface area (Å²) in [6.45, 7) is 1.74. The molecule has 10 heteroatoms. The minimum absolute atomic E-state index is 0.0122. The lowest BCUT2D eigenvalue weighted by molar-refractivity contribution is 0.438. The van der Waals surface area contributed by atoms with E-state index in [1.165, 1.54) is 38.5 Å². The highest BCUT2D eigenvalue weighted by Gasteiger charge is 2.22. The van der Waals surface area contributed by atoms with Gasteiger partial charge in [-0.05, 0) is 48.9 Å². The van der Waals surface area contributed by atoms with Crippen molar-refractivity contribution in [1.29, 1.82) is 0 Å². The van der Waals surface area contributed by atoms with Crippen LogP contribution < -0.4 is 10.3 Å². The summed E-state index contributed by atoms with van der Waals surface area (Å²) in [7, 11) is -0.976. The summed E-state index contributed by atoms with van der Waals surface area (Å²) < 4.78 is 61.4. The van der Waals surface area contributed by atoms with Gasteiger partial charge in [-0.25, -0.2) is 21.5 Å². The molecule has 2 aromatic heterocycles. The summed E-state index contributed by atoms with van der Waals surface area (Å²) in [5, 5.41) is 0. The van der Waals surface area contributed by atoms with Gasteiger partial charge in [-0.3, -0.25) is 4.79 Å². The van der Waals surface area contributed by atoms with Crippen LogP contribution in [0.4, 0.5) is 8.78 Å². The molecule has 0 atom stereocenters. The van der Waals surface area contributed by atoms with Crippen LogP contribution in [0, 0.1) is 18.6 Å². The molecule has 0 unspecified atom stereocenters. The summed E-state index contributed by atoms with van der Waals surface area (Å²) in [5.74, 6) is -1.76. The molecule has 0 saturated heterocycles. The molecular weight excluding hydrogens is 440 g/mol. The van der Waals surface area contributed by atoms with E-state index < -0.39 is 21.7 Å². The number of ether oxygens (including phenoxy) is 1. The molecule has 4 rings (SSSR count). The SMILES string of the molecule is Cc1cc(-c2cc(S(=O)(=O)N(C)C)ccc2Oc2ccc(F)cc2F)n2cc[nH]c(=O)c12. The van der Waals surface area contributed by atoms with Crippen molar-refractivity contribution in [2.45, 2.75) is 11.8 Å². The minimum Gasteiger partial charge on any atom is -0.454 e. The smallest absolute Gasteiger partial charge is 0.272 e. The van der Waals surface area contributed by atoms with Gasteiger partial charge in [0.05, 0.1) is 10.6 Å². The molecule has 32 heavy (non-hydrogen) atoms. The van der Waals surface area contributed by atoms with Crippen molar-refractivity contribution >= 4 is 15.5 Å². The van der Waals surface area contributed by atoms with E-state index in [1.54, 1.807) is 23.6 Å². The predicted octanol–water partition coefficient (Wildman–Crippen LogP) is 3.92.